The van der Waals surface area contributed by atoms with Gasteiger partial charge in [0.05, 0.1) is 12.2 Å². The lowest BCUT2D eigenvalue weighted by Gasteiger charge is -2.15. The predicted molar refractivity (Wildman–Crippen MR) is 72.0 cm³/mol. The fourth-order valence-corrected chi connectivity index (χ4v) is 1.72. The number of amidine groups is 1. The van der Waals surface area contributed by atoms with Gasteiger partial charge in [0.15, 0.2) is 0 Å². The molecule has 0 fully saturated rings. The third kappa shape index (κ3) is 4.75. The van der Waals surface area contributed by atoms with Gasteiger partial charge in [0.25, 0.3) is 0 Å². The number of nitrogen functional groups attached to an aromatic ring is 1. The maximum absolute atomic E-state index is 12.9. The van der Waals surface area contributed by atoms with Crippen LogP contribution in [0.15, 0.2) is 18.2 Å². The van der Waals surface area contributed by atoms with Gasteiger partial charge in [-0.2, -0.15) is 13.2 Å². The van der Waals surface area contributed by atoms with Gasteiger partial charge in [-0.1, -0.05) is 13.8 Å². The minimum atomic E-state index is -4.53. The van der Waals surface area contributed by atoms with Crippen molar-refractivity contribution in [2.24, 2.45) is 11.7 Å². The van der Waals surface area contributed by atoms with Crippen molar-refractivity contribution >= 4 is 5.84 Å². The average molecular weight is 288 g/mol. The molecule has 0 aliphatic heterocycles. The van der Waals surface area contributed by atoms with Gasteiger partial charge in [0, 0.05) is 5.56 Å². The highest BCUT2D eigenvalue weighted by atomic mass is 19.4. The number of alkyl halides is 3. The van der Waals surface area contributed by atoms with Crippen molar-refractivity contribution in [1.29, 1.82) is 5.41 Å². The van der Waals surface area contributed by atoms with Crippen molar-refractivity contribution in [3.05, 3.63) is 29.3 Å². The maximum Gasteiger partial charge on any atom is 0.419 e. The van der Waals surface area contributed by atoms with E-state index in [0.29, 0.717) is 12.3 Å². The van der Waals surface area contributed by atoms with Crippen molar-refractivity contribution in [3.63, 3.8) is 0 Å². The predicted octanol–water partition coefficient (Wildman–Crippen LogP) is 3.80. The molecule has 0 heterocycles. The molecular formula is C14H19F3N2O. The van der Waals surface area contributed by atoms with Crippen molar-refractivity contribution in [1.82, 2.24) is 0 Å². The summed E-state index contributed by atoms with van der Waals surface area (Å²) in [6, 6.07) is 3.42. The Morgan fingerprint density at radius 3 is 2.50 bits per heavy atom. The first-order chi connectivity index (χ1) is 9.21. The zero-order valence-electron chi connectivity index (χ0n) is 11.6. The summed E-state index contributed by atoms with van der Waals surface area (Å²) in [6.07, 6.45) is -2.94. The molecule has 1 aromatic carbocycles. The first kappa shape index (κ1) is 16.3. The second-order valence-electron chi connectivity index (χ2n) is 5.01. The first-order valence-electron chi connectivity index (χ1n) is 6.40. The van der Waals surface area contributed by atoms with E-state index in [-0.39, 0.29) is 17.9 Å². The van der Waals surface area contributed by atoms with Crippen LogP contribution in [0, 0.1) is 11.3 Å². The second kappa shape index (κ2) is 6.63. The molecule has 0 atom stereocenters. The molecule has 0 unspecified atom stereocenters. The number of hydrogen-bond donors (Lipinski definition) is 2. The summed E-state index contributed by atoms with van der Waals surface area (Å²) in [4.78, 5) is 0. The average Bonchev–Trinajstić information content (AvgIpc) is 2.33. The molecule has 0 saturated heterocycles. The van der Waals surface area contributed by atoms with E-state index < -0.39 is 17.6 Å². The van der Waals surface area contributed by atoms with E-state index in [4.69, 9.17) is 15.9 Å². The van der Waals surface area contributed by atoms with Gasteiger partial charge in [0.2, 0.25) is 0 Å². The van der Waals surface area contributed by atoms with Crippen LogP contribution < -0.4 is 10.5 Å². The van der Waals surface area contributed by atoms with Gasteiger partial charge >= 0.3 is 6.18 Å². The van der Waals surface area contributed by atoms with Crippen LogP contribution in [-0.4, -0.2) is 12.4 Å². The highest BCUT2D eigenvalue weighted by molar-refractivity contribution is 5.95. The molecule has 0 aliphatic carbocycles. The molecule has 20 heavy (non-hydrogen) atoms. The van der Waals surface area contributed by atoms with Crippen molar-refractivity contribution in [2.75, 3.05) is 6.61 Å². The summed E-state index contributed by atoms with van der Waals surface area (Å²) < 4.78 is 44.0. The van der Waals surface area contributed by atoms with Crippen molar-refractivity contribution in [2.45, 2.75) is 32.9 Å². The van der Waals surface area contributed by atoms with Crippen molar-refractivity contribution in [3.8, 4) is 5.75 Å². The monoisotopic (exact) mass is 288 g/mol. The Kier molecular flexibility index (Phi) is 5.42. The van der Waals surface area contributed by atoms with E-state index in [1.807, 2.05) is 13.8 Å². The van der Waals surface area contributed by atoms with Crippen LogP contribution in [0.1, 0.15) is 37.8 Å². The lowest BCUT2D eigenvalue weighted by Crippen LogP contribution is -2.15. The number of rotatable bonds is 6. The smallest absolute Gasteiger partial charge is 0.419 e. The fourth-order valence-electron chi connectivity index (χ4n) is 1.72. The largest absolute Gasteiger partial charge is 0.493 e. The van der Waals surface area contributed by atoms with Crippen LogP contribution in [0.3, 0.4) is 0 Å². The Balaban J connectivity index is 2.87. The lowest BCUT2D eigenvalue weighted by molar-refractivity contribution is -0.139. The maximum atomic E-state index is 12.9. The number of nitrogens with two attached hydrogens (primary N) is 1. The van der Waals surface area contributed by atoms with Crippen LogP contribution in [0.2, 0.25) is 0 Å². The van der Waals surface area contributed by atoms with Gasteiger partial charge in [-0.25, -0.2) is 0 Å². The normalized spacial score (nSPS) is 11.7. The molecule has 0 radical (unpaired) electrons. The Morgan fingerprint density at radius 1 is 1.35 bits per heavy atom. The third-order valence-electron chi connectivity index (χ3n) is 2.78. The van der Waals surface area contributed by atoms with Crippen LogP contribution >= 0.6 is 0 Å². The minimum absolute atomic E-state index is 0.0341. The number of nitrogens with one attached hydrogen (secondary N) is 1. The van der Waals surface area contributed by atoms with Crippen LogP contribution in [0.25, 0.3) is 0 Å². The summed E-state index contributed by atoms with van der Waals surface area (Å²) >= 11 is 0. The van der Waals surface area contributed by atoms with Crippen LogP contribution in [0.5, 0.6) is 5.75 Å². The van der Waals surface area contributed by atoms with E-state index in [2.05, 4.69) is 0 Å². The molecule has 1 aromatic rings. The quantitative estimate of drug-likeness (QED) is 0.475. The molecule has 0 saturated carbocycles. The molecule has 0 bridgehead atoms. The highest BCUT2D eigenvalue weighted by Gasteiger charge is 2.34. The summed E-state index contributed by atoms with van der Waals surface area (Å²) in [6.45, 7) is 4.33. The molecule has 0 aliphatic rings. The SMILES string of the molecule is CC(C)CCCOc1ccc(C(=N)N)cc1C(F)(F)F. The van der Waals surface area contributed by atoms with Gasteiger partial charge < -0.3 is 10.5 Å². The molecule has 0 spiro atoms. The van der Waals surface area contributed by atoms with E-state index in [1.54, 1.807) is 0 Å². The molecule has 112 valence electrons. The van der Waals surface area contributed by atoms with E-state index >= 15 is 0 Å². The standard InChI is InChI=1S/C14H19F3N2O/c1-9(2)4-3-7-20-12-6-5-10(13(18)19)8-11(12)14(15,16)17/h5-6,8-9H,3-4,7H2,1-2H3,(H3,18,19). The molecule has 3 N–H and O–H groups in total. The van der Waals surface area contributed by atoms with Gasteiger partial charge in [-0.15, -0.1) is 0 Å². The first-order valence-corrected chi connectivity index (χ1v) is 6.40. The number of benzene rings is 1. The van der Waals surface area contributed by atoms with Gasteiger partial charge in [-0.05, 0) is 37.0 Å². The Bertz CT molecular complexity index is 470. The number of halogens is 3. The number of ether oxygens (including phenoxy) is 1. The van der Waals surface area contributed by atoms with Gasteiger partial charge in [0.1, 0.15) is 11.6 Å². The Labute approximate surface area is 116 Å². The second-order valence-corrected chi connectivity index (χ2v) is 5.01. The zero-order chi connectivity index (χ0) is 15.3. The third-order valence-corrected chi connectivity index (χ3v) is 2.78. The van der Waals surface area contributed by atoms with Crippen LogP contribution in [-0.2, 0) is 6.18 Å². The minimum Gasteiger partial charge on any atom is -0.493 e. The molecular weight excluding hydrogens is 269 g/mol. The Morgan fingerprint density at radius 2 is 2.00 bits per heavy atom. The number of hydrogen-bond acceptors (Lipinski definition) is 2. The zero-order valence-corrected chi connectivity index (χ0v) is 11.6. The molecule has 1 rings (SSSR count). The van der Waals surface area contributed by atoms with E-state index in [9.17, 15) is 13.2 Å². The molecule has 0 amide bonds. The van der Waals surface area contributed by atoms with Gasteiger partial charge in [-0.3, -0.25) is 5.41 Å². The summed E-state index contributed by atoms with van der Waals surface area (Å²) in [5, 5.41) is 7.19. The molecule has 3 nitrogen and oxygen atoms in total. The Hall–Kier alpha value is -1.72. The molecule has 0 aromatic heterocycles. The van der Waals surface area contributed by atoms with E-state index in [1.165, 1.54) is 12.1 Å². The van der Waals surface area contributed by atoms with Crippen molar-refractivity contribution < 1.29 is 17.9 Å². The summed E-state index contributed by atoms with van der Waals surface area (Å²) in [7, 11) is 0. The topological polar surface area (TPSA) is 59.1 Å². The van der Waals surface area contributed by atoms with E-state index in [0.717, 1.165) is 12.5 Å². The lowest BCUT2D eigenvalue weighted by atomic mass is 10.1. The summed E-state index contributed by atoms with van der Waals surface area (Å²) in [5.74, 6) is -0.131. The summed E-state index contributed by atoms with van der Waals surface area (Å²) in [5.41, 5.74) is 4.35. The van der Waals surface area contributed by atoms with Crippen LogP contribution in [0.4, 0.5) is 13.2 Å². The molecule has 6 heteroatoms. The highest BCUT2D eigenvalue weighted by Crippen LogP contribution is 2.36. The fraction of sp³-hybridized carbons (Fsp3) is 0.500.